The number of hydrogen-bond donors (Lipinski definition) is 1. The quantitative estimate of drug-likeness (QED) is 0.781. The van der Waals surface area contributed by atoms with Gasteiger partial charge in [-0.3, -0.25) is 4.79 Å². The molecule has 0 fully saturated rings. The average Bonchev–Trinajstić information content (AvgIpc) is 2.50. The van der Waals surface area contributed by atoms with Crippen LogP contribution in [0, 0.1) is 5.92 Å². The first kappa shape index (κ1) is 17.2. The first-order valence-corrected chi connectivity index (χ1v) is 7.16. The summed E-state index contributed by atoms with van der Waals surface area (Å²) < 4.78 is 10.6. The number of nitrogens with zero attached hydrogens (tertiary/aromatic N) is 1. The SMILES string of the molecule is CCN(CC(C)C(N)=S)C(=O)c1c(OC)cccc1OC. The van der Waals surface area contributed by atoms with E-state index in [1.54, 1.807) is 23.1 Å². The molecule has 0 bridgehead atoms. The summed E-state index contributed by atoms with van der Waals surface area (Å²) in [4.78, 5) is 14.9. The van der Waals surface area contributed by atoms with Crippen LogP contribution in [0.1, 0.15) is 24.2 Å². The van der Waals surface area contributed by atoms with Crippen molar-refractivity contribution < 1.29 is 14.3 Å². The van der Waals surface area contributed by atoms with E-state index in [1.807, 2.05) is 13.8 Å². The summed E-state index contributed by atoms with van der Waals surface area (Å²) in [7, 11) is 3.05. The molecule has 0 radical (unpaired) electrons. The van der Waals surface area contributed by atoms with E-state index in [2.05, 4.69) is 0 Å². The maximum Gasteiger partial charge on any atom is 0.261 e. The molecule has 116 valence electrons. The molecule has 21 heavy (non-hydrogen) atoms. The van der Waals surface area contributed by atoms with Crippen molar-refractivity contribution in [2.45, 2.75) is 13.8 Å². The minimum absolute atomic E-state index is 0.0513. The van der Waals surface area contributed by atoms with E-state index in [1.165, 1.54) is 14.2 Å². The van der Waals surface area contributed by atoms with Gasteiger partial charge in [-0.25, -0.2) is 0 Å². The molecule has 1 amide bonds. The molecule has 0 saturated carbocycles. The lowest BCUT2D eigenvalue weighted by atomic mass is 10.1. The van der Waals surface area contributed by atoms with Crippen LogP contribution < -0.4 is 15.2 Å². The van der Waals surface area contributed by atoms with Crippen molar-refractivity contribution in [1.29, 1.82) is 0 Å². The Morgan fingerprint density at radius 3 is 2.24 bits per heavy atom. The Balaban J connectivity index is 3.13. The maximum atomic E-state index is 12.8. The summed E-state index contributed by atoms with van der Waals surface area (Å²) in [5.74, 6) is 0.765. The molecule has 6 heteroatoms. The monoisotopic (exact) mass is 310 g/mol. The van der Waals surface area contributed by atoms with Gasteiger partial charge in [0, 0.05) is 19.0 Å². The molecule has 1 aromatic carbocycles. The number of thiocarbonyl (C=S) groups is 1. The standard InChI is InChI=1S/C15H22N2O3S/c1-5-17(9-10(2)14(16)21)15(18)13-11(19-3)7-6-8-12(13)20-4/h6-8,10H,5,9H2,1-4H3,(H2,16,21). The summed E-state index contributed by atoms with van der Waals surface area (Å²) in [5, 5.41) is 0. The van der Waals surface area contributed by atoms with Crippen LogP contribution in [-0.2, 0) is 0 Å². The van der Waals surface area contributed by atoms with Crippen molar-refractivity contribution in [1.82, 2.24) is 4.90 Å². The highest BCUT2D eigenvalue weighted by Crippen LogP contribution is 2.29. The molecule has 1 rings (SSSR count). The van der Waals surface area contributed by atoms with E-state index in [9.17, 15) is 4.79 Å². The summed E-state index contributed by atoms with van der Waals surface area (Å²) in [6.45, 7) is 4.82. The van der Waals surface area contributed by atoms with Gasteiger partial charge >= 0.3 is 0 Å². The van der Waals surface area contributed by atoms with Gasteiger partial charge in [-0.15, -0.1) is 0 Å². The highest BCUT2D eigenvalue weighted by molar-refractivity contribution is 7.80. The molecule has 2 N–H and O–H groups in total. The normalized spacial score (nSPS) is 11.6. The highest BCUT2D eigenvalue weighted by Gasteiger charge is 2.24. The Labute approximate surface area is 131 Å². The Bertz CT molecular complexity index is 497. The first-order chi connectivity index (χ1) is 9.96. The van der Waals surface area contributed by atoms with Crippen LogP contribution in [0.3, 0.4) is 0 Å². The smallest absolute Gasteiger partial charge is 0.261 e. The number of benzene rings is 1. The third-order valence-corrected chi connectivity index (χ3v) is 3.69. The zero-order valence-electron chi connectivity index (χ0n) is 12.9. The van der Waals surface area contributed by atoms with Gasteiger partial charge in [0.05, 0.1) is 19.2 Å². The molecule has 0 aliphatic rings. The number of rotatable bonds is 7. The van der Waals surface area contributed by atoms with Crippen LogP contribution in [0.15, 0.2) is 18.2 Å². The number of methoxy groups -OCH3 is 2. The van der Waals surface area contributed by atoms with E-state index in [4.69, 9.17) is 27.4 Å². The first-order valence-electron chi connectivity index (χ1n) is 6.75. The van der Waals surface area contributed by atoms with Crippen LogP contribution in [0.25, 0.3) is 0 Å². The number of amides is 1. The average molecular weight is 310 g/mol. The largest absolute Gasteiger partial charge is 0.496 e. The van der Waals surface area contributed by atoms with Gasteiger partial charge in [0.25, 0.3) is 5.91 Å². The van der Waals surface area contributed by atoms with Crippen molar-refractivity contribution >= 4 is 23.1 Å². The third kappa shape index (κ3) is 4.07. The highest BCUT2D eigenvalue weighted by atomic mass is 32.1. The van der Waals surface area contributed by atoms with Crippen LogP contribution in [-0.4, -0.2) is 43.1 Å². The van der Waals surface area contributed by atoms with E-state index in [0.717, 1.165) is 0 Å². The van der Waals surface area contributed by atoms with E-state index in [-0.39, 0.29) is 11.8 Å². The topological polar surface area (TPSA) is 64.8 Å². The Kier molecular flexibility index (Phi) is 6.42. The van der Waals surface area contributed by atoms with Gasteiger partial charge < -0.3 is 20.1 Å². The Morgan fingerprint density at radius 1 is 1.33 bits per heavy atom. The molecule has 5 nitrogen and oxygen atoms in total. The lowest BCUT2D eigenvalue weighted by Crippen LogP contribution is -2.38. The van der Waals surface area contributed by atoms with Gasteiger partial charge in [0.15, 0.2) is 0 Å². The summed E-state index contributed by atoms with van der Waals surface area (Å²) >= 11 is 4.98. The fourth-order valence-corrected chi connectivity index (χ4v) is 2.07. The van der Waals surface area contributed by atoms with Crippen molar-refractivity contribution in [2.24, 2.45) is 11.7 Å². The molecule has 0 aliphatic carbocycles. The van der Waals surface area contributed by atoms with Crippen LogP contribution in [0.5, 0.6) is 11.5 Å². The molecule has 0 heterocycles. The minimum Gasteiger partial charge on any atom is -0.496 e. The number of hydrogen-bond acceptors (Lipinski definition) is 4. The van der Waals surface area contributed by atoms with Gasteiger partial charge in [0.2, 0.25) is 0 Å². The predicted molar refractivity (Wildman–Crippen MR) is 87.1 cm³/mol. The molecule has 0 aliphatic heterocycles. The van der Waals surface area contributed by atoms with E-state index >= 15 is 0 Å². The molecule has 0 saturated heterocycles. The lowest BCUT2D eigenvalue weighted by molar-refractivity contribution is 0.0748. The third-order valence-electron chi connectivity index (χ3n) is 3.29. The number of carbonyl (C=O) groups is 1. The molecular weight excluding hydrogens is 288 g/mol. The Hall–Kier alpha value is -1.82. The molecule has 1 unspecified atom stereocenters. The molecular formula is C15H22N2O3S. The summed E-state index contributed by atoms with van der Waals surface area (Å²) in [6.07, 6.45) is 0. The minimum atomic E-state index is -0.157. The fourth-order valence-electron chi connectivity index (χ4n) is 2.00. The number of nitrogens with two attached hydrogens (primary N) is 1. The van der Waals surface area contributed by atoms with Gasteiger partial charge in [-0.05, 0) is 19.1 Å². The van der Waals surface area contributed by atoms with Crippen LogP contribution in [0.2, 0.25) is 0 Å². The van der Waals surface area contributed by atoms with Crippen LogP contribution >= 0.6 is 12.2 Å². The number of carbonyl (C=O) groups excluding carboxylic acids is 1. The van der Waals surface area contributed by atoms with Crippen molar-refractivity contribution in [2.75, 3.05) is 27.3 Å². The molecule has 0 spiro atoms. The van der Waals surface area contributed by atoms with Crippen molar-refractivity contribution in [3.8, 4) is 11.5 Å². The second-order valence-corrected chi connectivity index (χ2v) is 5.16. The lowest BCUT2D eigenvalue weighted by Gasteiger charge is -2.25. The van der Waals surface area contributed by atoms with E-state index in [0.29, 0.717) is 35.1 Å². The molecule has 1 aromatic rings. The van der Waals surface area contributed by atoms with Gasteiger partial charge in [-0.2, -0.15) is 0 Å². The summed E-state index contributed by atoms with van der Waals surface area (Å²) in [5.41, 5.74) is 6.05. The maximum absolute atomic E-state index is 12.8. The Morgan fingerprint density at radius 2 is 1.86 bits per heavy atom. The van der Waals surface area contributed by atoms with Crippen molar-refractivity contribution in [3.05, 3.63) is 23.8 Å². The van der Waals surface area contributed by atoms with Gasteiger partial charge in [0.1, 0.15) is 17.1 Å². The number of ether oxygens (including phenoxy) is 2. The predicted octanol–water partition coefficient (Wildman–Crippen LogP) is 2.09. The van der Waals surface area contributed by atoms with Gasteiger partial charge in [-0.1, -0.05) is 25.2 Å². The summed E-state index contributed by atoms with van der Waals surface area (Å²) in [6, 6.07) is 5.25. The van der Waals surface area contributed by atoms with E-state index < -0.39 is 0 Å². The second kappa shape index (κ2) is 7.83. The zero-order valence-corrected chi connectivity index (χ0v) is 13.7. The second-order valence-electron chi connectivity index (χ2n) is 4.68. The van der Waals surface area contributed by atoms with Crippen LogP contribution in [0.4, 0.5) is 0 Å². The van der Waals surface area contributed by atoms with Crippen molar-refractivity contribution in [3.63, 3.8) is 0 Å². The molecule has 0 aromatic heterocycles. The molecule has 1 atom stereocenters. The zero-order chi connectivity index (χ0) is 16.0. The fraction of sp³-hybridized carbons (Fsp3) is 0.467.